The van der Waals surface area contributed by atoms with Crippen molar-refractivity contribution >= 4 is 0 Å². The Labute approximate surface area is 85.9 Å². The average molecular weight is 194 g/mol. The molecule has 0 atom stereocenters. The SMILES string of the molecule is C=C/C(C)=C(\C=C)OC1CCOCC1. The molecule has 0 aliphatic carbocycles. The van der Waals surface area contributed by atoms with Gasteiger partial charge in [-0.3, -0.25) is 0 Å². The van der Waals surface area contributed by atoms with Crippen molar-refractivity contribution in [2.45, 2.75) is 25.9 Å². The zero-order chi connectivity index (χ0) is 10.4. The minimum atomic E-state index is 0.270. The Morgan fingerprint density at radius 3 is 2.43 bits per heavy atom. The van der Waals surface area contributed by atoms with Gasteiger partial charge in [0.2, 0.25) is 0 Å². The second-order valence-corrected chi connectivity index (χ2v) is 3.39. The fourth-order valence-electron chi connectivity index (χ4n) is 1.38. The van der Waals surface area contributed by atoms with Gasteiger partial charge in [0.1, 0.15) is 11.9 Å². The molecule has 0 radical (unpaired) electrons. The highest BCUT2D eigenvalue weighted by Gasteiger charge is 2.15. The third-order valence-electron chi connectivity index (χ3n) is 2.34. The Hall–Kier alpha value is -1.02. The lowest BCUT2D eigenvalue weighted by Gasteiger charge is -2.24. The van der Waals surface area contributed by atoms with Crippen LogP contribution in [0.3, 0.4) is 0 Å². The van der Waals surface area contributed by atoms with E-state index in [0.29, 0.717) is 0 Å². The van der Waals surface area contributed by atoms with Crippen molar-refractivity contribution in [2.24, 2.45) is 0 Å². The molecule has 1 rings (SSSR count). The fourth-order valence-corrected chi connectivity index (χ4v) is 1.38. The number of ether oxygens (including phenoxy) is 2. The fraction of sp³-hybridized carbons (Fsp3) is 0.500. The summed E-state index contributed by atoms with van der Waals surface area (Å²) in [6.45, 7) is 11.0. The maximum Gasteiger partial charge on any atom is 0.122 e. The standard InChI is InChI=1S/C12H18O2/c1-4-10(3)12(5-2)14-11-6-8-13-9-7-11/h4-5,11H,1-2,6-9H2,3H3/b12-10+. The van der Waals surface area contributed by atoms with Crippen LogP contribution in [0.4, 0.5) is 0 Å². The van der Waals surface area contributed by atoms with Crippen LogP contribution in [0.25, 0.3) is 0 Å². The molecular formula is C12H18O2. The van der Waals surface area contributed by atoms with E-state index in [0.717, 1.165) is 37.4 Å². The molecule has 1 heterocycles. The summed E-state index contributed by atoms with van der Waals surface area (Å²) in [5, 5.41) is 0. The average Bonchev–Trinajstić information content (AvgIpc) is 2.26. The Kier molecular flexibility index (Phi) is 4.47. The summed E-state index contributed by atoms with van der Waals surface area (Å²) < 4.78 is 11.1. The maximum absolute atomic E-state index is 5.80. The molecule has 1 fully saturated rings. The van der Waals surface area contributed by atoms with Crippen molar-refractivity contribution in [3.8, 4) is 0 Å². The minimum Gasteiger partial charge on any atom is -0.490 e. The van der Waals surface area contributed by atoms with E-state index in [4.69, 9.17) is 9.47 Å². The second-order valence-electron chi connectivity index (χ2n) is 3.39. The van der Waals surface area contributed by atoms with Gasteiger partial charge in [0.25, 0.3) is 0 Å². The van der Waals surface area contributed by atoms with Gasteiger partial charge in [-0.15, -0.1) is 0 Å². The predicted molar refractivity (Wildman–Crippen MR) is 58.0 cm³/mol. The summed E-state index contributed by atoms with van der Waals surface area (Å²) in [6, 6.07) is 0. The zero-order valence-electron chi connectivity index (χ0n) is 8.79. The molecule has 0 saturated carbocycles. The number of rotatable bonds is 4. The third-order valence-corrected chi connectivity index (χ3v) is 2.34. The first-order valence-corrected chi connectivity index (χ1v) is 4.98. The maximum atomic E-state index is 5.80. The van der Waals surface area contributed by atoms with E-state index in [1.807, 2.05) is 6.92 Å². The summed E-state index contributed by atoms with van der Waals surface area (Å²) in [5.41, 5.74) is 1.03. The highest BCUT2D eigenvalue weighted by atomic mass is 16.5. The van der Waals surface area contributed by atoms with E-state index in [2.05, 4.69) is 13.2 Å². The Morgan fingerprint density at radius 1 is 1.29 bits per heavy atom. The smallest absolute Gasteiger partial charge is 0.122 e. The van der Waals surface area contributed by atoms with Crippen molar-refractivity contribution in [2.75, 3.05) is 13.2 Å². The summed E-state index contributed by atoms with van der Waals surface area (Å²) >= 11 is 0. The van der Waals surface area contributed by atoms with Gasteiger partial charge in [-0.2, -0.15) is 0 Å². The predicted octanol–water partition coefficient (Wildman–Crippen LogP) is 2.83. The molecule has 14 heavy (non-hydrogen) atoms. The van der Waals surface area contributed by atoms with Gasteiger partial charge in [0.05, 0.1) is 13.2 Å². The third kappa shape index (κ3) is 3.04. The zero-order valence-corrected chi connectivity index (χ0v) is 8.79. The molecule has 2 heteroatoms. The summed E-state index contributed by atoms with van der Waals surface area (Å²) in [7, 11) is 0. The van der Waals surface area contributed by atoms with Gasteiger partial charge < -0.3 is 9.47 Å². The lowest BCUT2D eigenvalue weighted by molar-refractivity contribution is -0.00119. The molecule has 0 spiro atoms. The lowest BCUT2D eigenvalue weighted by Crippen LogP contribution is -2.23. The molecule has 78 valence electrons. The van der Waals surface area contributed by atoms with E-state index in [1.165, 1.54) is 0 Å². The summed E-state index contributed by atoms with van der Waals surface area (Å²) in [6.07, 6.45) is 5.72. The Balaban J connectivity index is 2.55. The van der Waals surface area contributed by atoms with Crippen molar-refractivity contribution in [1.29, 1.82) is 0 Å². The first-order valence-electron chi connectivity index (χ1n) is 4.98. The number of allylic oxidation sites excluding steroid dienone is 3. The van der Waals surface area contributed by atoms with E-state index in [9.17, 15) is 0 Å². The highest BCUT2D eigenvalue weighted by Crippen LogP contribution is 2.17. The number of hydrogen-bond donors (Lipinski definition) is 0. The van der Waals surface area contributed by atoms with Crippen LogP contribution in [0.1, 0.15) is 19.8 Å². The quantitative estimate of drug-likeness (QED) is 0.506. The highest BCUT2D eigenvalue weighted by molar-refractivity contribution is 5.25. The van der Waals surface area contributed by atoms with Crippen molar-refractivity contribution in [1.82, 2.24) is 0 Å². The summed E-state index contributed by atoms with van der Waals surface area (Å²) in [4.78, 5) is 0. The van der Waals surface area contributed by atoms with E-state index in [1.54, 1.807) is 12.2 Å². The molecule has 0 N–H and O–H groups in total. The van der Waals surface area contributed by atoms with Gasteiger partial charge in [-0.25, -0.2) is 0 Å². The largest absolute Gasteiger partial charge is 0.490 e. The first-order chi connectivity index (χ1) is 6.77. The molecule has 0 aromatic heterocycles. The minimum absolute atomic E-state index is 0.270. The molecule has 0 aromatic rings. The summed E-state index contributed by atoms with van der Waals surface area (Å²) in [5.74, 6) is 0.840. The van der Waals surface area contributed by atoms with Gasteiger partial charge >= 0.3 is 0 Å². The van der Waals surface area contributed by atoms with Crippen LogP contribution in [0.15, 0.2) is 36.6 Å². The molecule has 1 aliphatic rings. The molecule has 0 aromatic carbocycles. The molecule has 0 amide bonds. The second kappa shape index (κ2) is 5.66. The topological polar surface area (TPSA) is 18.5 Å². The van der Waals surface area contributed by atoms with Crippen LogP contribution in [0.2, 0.25) is 0 Å². The van der Waals surface area contributed by atoms with Crippen LogP contribution >= 0.6 is 0 Å². The van der Waals surface area contributed by atoms with Crippen molar-refractivity contribution < 1.29 is 9.47 Å². The van der Waals surface area contributed by atoms with Crippen molar-refractivity contribution in [3.63, 3.8) is 0 Å². The Bertz CT molecular complexity index is 235. The van der Waals surface area contributed by atoms with Crippen LogP contribution in [0, 0.1) is 0 Å². The lowest BCUT2D eigenvalue weighted by atomic mass is 10.1. The molecule has 2 nitrogen and oxygen atoms in total. The van der Waals surface area contributed by atoms with Gasteiger partial charge in [-0.1, -0.05) is 19.2 Å². The monoisotopic (exact) mass is 194 g/mol. The van der Waals surface area contributed by atoms with E-state index < -0.39 is 0 Å². The van der Waals surface area contributed by atoms with Gasteiger partial charge in [0.15, 0.2) is 0 Å². The van der Waals surface area contributed by atoms with E-state index >= 15 is 0 Å². The molecule has 0 unspecified atom stereocenters. The van der Waals surface area contributed by atoms with Crippen LogP contribution in [-0.2, 0) is 9.47 Å². The molecule has 1 saturated heterocycles. The van der Waals surface area contributed by atoms with Crippen LogP contribution < -0.4 is 0 Å². The normalized spacial score (nSPS) is 19.8. The van der Waals surface area contributed by atoms with E-state index in [-0.39, 0.29) is 6.10 Å². The first kappa shape index (κ1) is 11.1. The van der Waals surface area contributed by atoms with Gasteiger partial charge in [0, 0.05) is 12.8 Å². The van der Waals surface area contributed by atoms with Crippen molar-refractivity contribution in [3.05, 3.63) is 36.6 Å². The van der Waals surface area contributed by atoms with Gasteiger partial charge in [-0.05, 0) is 18.6 Å². The molecule has 0 bridgehead atoms. The number of hydrogen-bond acceptors (Lipinski definition) is 2. The Morgan fingerprint density at radius 2 is 1.93 bits per heavy atom. The molecular weight excluding hydrogens is 176 g/mol. The molecule has 1 aliphatic heterocycles. The van der Waals surface area contributed by atoms with Crippen LogP contribution in [-0.4, -0.2) is 19.3 Å². The van der Waals surface area contributed by atoms with Crippen LogP contribution in [0.5, 0.6) is 0 Å².